The number of Topliss-reactive ketones (excluding diaryl/α,β-unsaturated/α-hetero) is 1. The summed E-state index contributed by atoms with van der Waals surface area (Å²) in [4.78, 5) is 12.2. The highest BCUT2D eigenvalue weighted by molar-refractivity contribution is 7.08. The van der Waals surface area contributed by atoms with Crippen molar-refractivity contribution in [3.63, 3.8) is 0 Å². The molecule has 0 radical (unpaired) electrons. The van der Waals surface area contributed by atoms with Gasteiger partial charge in [0, 0.05) is 11.1 Å². The van der Waals surface area contributed by atoms with Crippen LogP contribution in [0.2, 0.25) is 0 Å². The first-order chi connectivity index (χ1) is 8.83. The molecule has 2 aromatic heterocycles. The average Bonchev–Trinajstić information content (AvgIpc) is 3.08. The number of hydrogen-bond donors (Lipinski definition) is 0. The number of hydrogen-bond acceptors (Lipinski definition) is 3. The first kappa shape index (κ1) is 11.6. The zero-order valence-corrected chi connectivity index (χ0v) is 11.4. The molecule has 0 atom stereocenters. The van der Waals surface area contributed by atoms with Crippen molar-refractivity contribution in [2.45, 2.75) is 12.8 Å². The number of rotatable bonds is 2. The minimum atomic E-state index is 0.215. The zero-order valence-electron chi connectivity index (χ0n) is 9.76. The lowest BCUT2D eigenvalue weighted by Crippen LogP contribution is -1.94. The Hall–Kier alpha value is -1.45. The first-order valence-corrected chi connectivity index (χ1v) is 7.72. The Bertz CT molecular complexity index is 547. The Morgan fingerprint density at radius 1 is 0.889 bits per heavy atom. The van der Waals surface area contributed by atoms with Gasteiger partial charge in [-0.15, -0.1) is 0 Å². The SMILES string of the molecule is O=C1/C(=C\c2ccsc2)CC/C1=C\c1ccsc1. The minimum absolute atomic E-state index is 0.215. The summed E-state index contributed by atoms with van der Waals surface area (Å²) in [5.41, 5.74) is 4.16. The molecule has 0 aliphatic heterocycles. The summed E-state index contributed by atoms with van der Waals surface area (Å²) < 4.78 is 0. The molecule has 0 amide bonds. The van der Waals surface area contributed by atoms with E-state index in [9.17, 15) is 4.79 Å². The molecule has 1 saturated carbocycles. The van der Waals surface area contributed by atoms with Crippen LogP contribution in [0.3, 0.4) is 0 Å². The van der Waals surface area contributed by atoms with E-state index in [1.54, 1.807) is 22.7 Å². The van der Waals surface area contributed by atoms with Crippen molar-refractivity contribution in [1.82, 2.24) is 0 Å². The fraction of sp³-hybridized carbons (Fsp3) is 0.133. The molecule has 0 N–H and O–H groups in total. The quantitative estimate of drug-likeness (QED) is 0.728. The topological polar surface area (TPSA) is 17.1 Å². The zero-order chi connectivity index (χ0) is 12.4. The van der Waals surface area contributed by atoms with Crippen LogP contribution < -0.4 is 0 Å². The molecule has 1 nitrogen and oxygen atoms in total. The predicted octanol–water partition coefficient (Wildman–Crippen LogP) is 4.64. The Morgan fingerprint density at radius 3 is 1.78 bits per heavy atom. The van der Waals surface area contributed by atoms with Gasteiger partial charge in [-0.25, -0.2) is 0 Å². The Morgan fingerprint density at radius 2 is 1.39 bits per heavy atom. The van der Waals surface area contributed by atoms with Crippen molar-refractivity contribution < 1.29 is 4.79 Å². The van der Waals surface area contributed by atoms with E-state index in [1.165, 1.54) is 0 Å². The fourth-order valence-corrected chi connectivity index (χ4v) is 3.33. The normalized spacial score (nSPS) is 20.1. The van der Waals surface area contributed by atoms with E-state index in [0.717, 1.165) is 35.1 Å². The van der Waals surface area contributed by atoms with Crippen LogP contribution in [0.5, 0.6) is 0 Å². The average molecular weight is 272 g/mol. The smallest absolute Gasteiger partial charge is 0.185 e. The van der Waals surface area contributed by atoms with Gasteiger partial charge in [-0.05, 0) is 69.8 Å². The molecule has 1 aliphatic carbocycles. The first-order valence-electron chi connectivity index (χ1n) is 5.83. The summed E-state index contributed by atoms with van der Waals surface area (Å²) in [6, 6.07) is 4.09. The number of ketones is 1. The van der Waals surface area contributed by atoms with Crippen LogP contribution in [0, 0.1) is 0 Å². The van der Waals surface area contributed by atoms with Crippen LogP contribution in [-0.2, 0) is 4.79 Å². The summed E-state index contributed by atoms with van der Waals surface area (Å²) >= 11 is 3.32. The molecule has 2 heterocycles. The van der Waals surface area contributed by atoms with E-state index < -0.39 is 0 Å². The van der Waals surface area contributed by atoms with Gasteiger partial charge >= 0.3 is 0 Å². The molecular weight excluding hydrogens is 260 g/mol. The van der Waals surface area contributed by atoms with Crippen LogP contribution in [0.15, 0.2) is 44.8 Å². The lowest BCUT2D eigenvalue weighted by molar-refractivity contribution is -0.111. The van der Waals surface area contributed by atoms with Gasteiger partial charge in [-0.3, -0.25) is 4.79 Å². The van der Waals surface area contributed by atoms with Gasteiger partial charge in [0.2, 0.25) is 0 Å². The van der Waals surface area contributed by atoms with E-state index in [-0.39, 0.29) is 5.78 Å². The highest BCUT2D eigenvalue weighted by Crippen LogP contribution is 2.30. The van der Waals surface area contributed by atoms with E-state index in [1.807, 2.05) is 35.0 Å². The van der Waals surface area contributed by atoms with Crippen molar-refractivity contribution in [3.05, 3.63) is 55.9 Å². The van der Waals surface area contributed by atoms with Gasteiger partial charge in [-0.2, -0.15) is 22.7 Å². The molecule has 90 valence electrons. The third kappa shape index (κ3) is 2.37. The molecule has 1 aliphatic rings. The summed E-state index contributed by atoms with van der Waals surface area (Å²) in [6.45, 7) is 0. The van der Waals surface area contributed by atoms with Gasteiger partial charge in [0.15, 0.2) is 5.78 Å². The Kier molecular flexibility index (Phi) is 3.26. The molecule has 2 aromatic rings. The van der Waals surface area contributed by atoms with Crippen molar-refractivity contribution in [3.8, 4) is 0 Å². The second kappa shape index (κ2) is 5.04. The Labute approximate surface area is 114 Å². The van der Waals surface area contributed by atoms with Crippen LogP contribution in [0.1, 0.15) is 24.0 Å². The summed E-state index contributed by atoms with van der Waals surface area (Å²) in [7, 11) is 0. The summed E-state index contributed by atoms with van der Waals surface area (Å²) in [6.07, 6.45) is 5.77. The van der Waals surface area contributed by atoms with Crippen LogP contribution in [-0.4, -0.2) is 5.78 Å². The van der Waals surface area contributed by atoms with Gasteiger partial charge in [-0.1, -0.05) is 0 Å². The molecule has 0 spiro atoms. The lowest BCUT2D eigenvalue weighted by Gasteiger charge is -1.94. The minimum Gasteiger partial charge on any atom is -0.289 e. The maximum atomic E-state index is 12.2. The van der Waals surface area contributed by atoms with Crippen molar-refractivity contribution in [2.75, 3.05) is 0 Å². The molecule has 0 saturated heterocycles. The van der Waals surface area contributed by atoms with Crippen LogP contribution in [0.25, 0.3) is 12.2 Å². The molecule has 0 bridgehead atoms. The molecule has 3 heteroatoms. The molecule has 0 unspecified atom stereocenters. The van der Waals surface area contributed by atoms with Crippen molar-refractivity contribution >= 4 is 40.6 Å². The van der Waals surface area contributed by atoms with Gasteiger partial charge in [0.05, 0.1) is 0 Å². The number of carbonyl (C=O) groups is 1. The van der Waals surface area contributed by atoms with E-state index in [0.29, 0.717) is 0 Å². The second-order valence-electron chi connectivity index (χ2n) is 4.28. The van der Waals surface area contributed by atoms with Crippen LogP contribution >= 0.6 is 22.7 Å². The summed E-state index contributed by atoms with van der Waals surface area (Å²) in [5, 5.41) is 8.21. The number of allylic oxidation sites excluding steroid dienone is 2. The lowest BCUT2D eigenvalue weighted by atomic mass is 10.1. The largest absolute Gasteiger partial charge is 0.289 e. The highest BCUT2D eigenvalue weighted by atomic mass is 32.1. The third-order valence-electron chi connectivity index (χ3n) is 3.02. The van der Waals surface area contributed by atoms with E-state index in [2.05, 4.69) is 10.8 Å². The second-order valence-corrected chi connectivity index (χ2v) is 5.84. The highest BCUT2D eigenvalue weighted by Gasteiger charge is 2.22. The van der Waals surface area contributed by atoms with E-state index >= 15 is 0 Å². The van der Waals surface area contributed by atoms with E-state index in [4.69, 9.17) is 0 Å². The molecule has 18 heavy (non-hydrogen) atoms. The molecule has 3 rings (SSSR count). The predicted molar refractivity (Wildman–Crippen MR) is 78.8 cm³/mol. The van der Waals surface area contributed by atoms with Gasteiger partial charge in [0.25, 0.3) is 0 Å². The maximum Gasteiger partial charge on any atom is 0.185 e. The standard InChI is InChI=1S/C15H12OS2/c16-15-13(7-11-3-5-17-9-11)1-2-14(15)8-12-4-6-18-10-12/h3-10H,1-2H2/b13-7-,14-8+. The fourth-order valence-electron chi connectivity index (χ4n) is 2.09. The number of carbonyl (C=O) groups excluding carboxylic acids is 1. The van der Waals surface area contributed by atoms with Gasteiger partial charge < -0.3 is 0 Å². The monoisotopic (exact) mass is 272 g/mol. The number of thiophene rings is 2. The van der Waals surface area contributed by atoms with Gasteiger partial charge in [0.1, 0.15) is 0 Å². The third-order valence-corrected chi connectivity index (χ3v) is 4.42. The Balaban J connectivity index is 1.85. The van der Waals surface area contributed by atoms with Crippen molar-refractivity contribution in [2.24, 2.45) is 0 Å². The van der Waals surface area contributed by atoms with Crippen LogP contribution in [0.4, 0.5) is 0 Å². The van der Waals surface area contributed by atoms with Crippen molar-refractivity contribution in [1.29, 1.82) is 0 Å². The molecular formula is C15H12OS2. The molecule has 1 fully saturated rings. The summed E-state index contributed by atoms with van der Waals surface area (Å²) in [5.74, 6) is 0.215. The maximum absolute atomic E-state index is 12.2. The molecule has 0 aromatic carbocycles.